The Kier molecular flexibility index (Phi) is 5.33. The average Bonchev–Trinajstić information content (AvgIpc) is 2.26. The standard InChI is InChI=1S/C14H24N2/c1-3-12(5-4-11(2)15)10-13-6-8-14(16)9-7-13/h6-9,11-12H,3-5,10,15-16H2,1-2H3. The van der Waals surface area contributed by atoms with Crippen molar-refractivity contribution >= 4 is 5.69 Å². The van der Waals surface area contributed by atoms with Gasteiger partial charge in [0.2, 0.25) is 0 Å². The molecule has 0 radical (unpaired) electrons. The van der Waals surface area contributed by atoms with Crippen molar-refractivity contribution in [2.24, 2.45) is 11.7 Å². The van der Waals surface area contributed by atoms with E-state index in [9.17, 15) is 0 Å². The fourth-order valence-corrected chi connectivity index (χ4v) is 1.94. The van der Waals surface area contributed by atoms with Gasteiger partial charge < -0.3 is 11.5 Å². The third-order valence-electron chi connectivity index (χ3n) is 3.11. The summed E-state index contributed by atoms with van der Waals surface area (Å²) in [6, 6.07) is 8.54. The van der Waals surface area contributed by atoms with E-state index < -0.39 is 0 Å². The molecule has 1 rings (SSSR count). The molecule has 90 valence electrons. The van der Waals surface area contributed by atoms with Crippen LogP contribution in [-0.2, 0) is 6.42 Å². The SMILES string of the molecule is CCC(CCC(C)N)Cc1ccc(N)cc1. The van der Waals surface area contributed by atoms with Crippen LogP contribution in [0.4, 0.5) is 5.69 Å². The highest BCUT2D eigenvalue weighted by atomic mass is 14.6. The first-order chi connectivity index (χ1) is 7.61. The quantitative estimate of drug-likeness (QED) is 0.724. The van der Waals surface area contributed by atoms with Crippen LogP contribution < -0.4 is 11.5 Å². The van der Waals surface area contributed by atoms with Gasteiger partial charge in [-0.1, -0.05) is 25.5 Å². The Morgan fingerprint density at radius 3 is 2.25 bits per heavy atom. The molecular formula is C14H24N2. The summed E-state index contributed by atoms with van der Waals surface area (Å²) >= 11 is 0. The lowest BCUT2D eigenvalue weighted by molar-refractivity contribution is 0.432. The number of nitrogen functional groups attached to an aromatic ring is 1. The Morgan fingerprint density at radius 1 is 1.12 bits per heavy atom. The molecule has 0 aliphatic heterocycles. The molecule has 2 unspecified atom stereocenters. The van der Waals surface area contributed by atoms with E-state index in [0.717, 1.165) is 24.4 Å². The number of nitrogens with two attached hydrogens (primary N) is 2. The molecule has 4 N–H and O–H groups in total. The topological polar surface area (TPSA) is 52.0 Å². The van der Waals surface area contributed by atoms with E-state index in [1.807, 2.05) is 12.1 Å². The van der Waals surface area contributed by atoms with Crippen molar-refractivity contribution in [1.82, 2.24) is 0 Å². The van der Waals surface area contributed by atoms with E-state index in [0.29, 0.717) is 6.04 Å². The van der Waals surface area contributed by atoms with Gasteiger partial charge in [-0.3, -0.25) is 0 Å². The van der Waals surface area contributed by atoms with Crippen molar-refractivity contribution in [3.63, 3.8) is 0 Å². The van der Waals surface area contributed by atoms with Gasteiger partial charge in [0.05, 0.1) is 0 Å². The molecule has 1 aromatic rings. The van der Waals surface area contributed by atoms with Gasteiger partial charge >= 0.3 is 0 Å². The molecular weight excluding hydrogens is 196 g/mol. The molecule has 0 aliphatic rings. The van der Waals surface area contributed by atoms with Crippen molar-refractivity contribution in [3.8, 4) is 0 Å². The molecule has 1 aromatic carbocycles. The van der Waals surface area contributed by atoms with E-state index in [-0.39, 0.29) is 0 Å². The minimum atomic E-state index is 0.320. The highest BCUT2D eigenvalue weighted by molar-refractivity contribution is 5.39. The highest BCUT2D eigenvalue weighted by Gasteiger charge is 2.08. The third kappa shape index (κ3) is 4.67. The van der Waals surface area contributed by atoms with E-state index in [2.05, 4.69) is 26.0 Å². The molecule has 2 atom stereocenters. The smallest absolute Gasteiger partial charge is 0.0314 e. The lowest BCUT2D eigenvalue weighted by Gasteiger charge is -2.16. The second-order valence-electron chi connectivity index (χ2n) is 4.77. The lowest BCUT2D eigenvalue weighted by Crippen LogP contribution is -2.17. The molecule has 0 amide bonds. The molecule has 0 saturated heterocycles. The molecule has 16 heavy (non-hydrogen) atoms. The Hall–Kier alpha value is -1.02. The largest absolute Gasteiger partial charge is 0.399 e. The van der Waals surface area contributed by atoms with Gasteiger partial charge in [0.1, 0.15) is 0 Å². The average molecular weight is 220 g/mol. The second-order valence-corrected chi connectivity index (χ2v) is 4.77. The van der Waals surface area contributed by atoms with Crippen molar-refractivity contribution in [2.45, 2.75) is 45.6 Å². The number of hydrogen-bond donors (Lipinski definition) is 2. The van der Waals surface area contributed by atoms with Gasteiger partial charge in [-0.2, -0.15) is 0 Å². The molecule has 0 aromatic heterocycles. The summed E-state index contributed by atoms with van der Waals surface area (Å²) < 4.78 is 0. The van der Waals surface area contributed by atoms with Gasteiger partial charge in [-0.05, 0) is 49.8 Å². The third-order valence-corrected chi connectivity index (χ3v) is 3.11. The Balaban J connectivity index is 2.46. The molecule has 2 nitrogen and oxygen atoms in total. The molecule has 0 fully saturated rings. The fraction of sp³-hybridized carbons (Fsp3) is 0.571. The lowest BCUT2D eigenvalue weighted by atomic mass is 9.91. The number of anilines is 1. The first kappa shape index (κ1) is 13.0. The Labute approximate surface area is 99.0 Å². The maximum Gasteiger partial charge on any atom is 0.0314 e. The summed E-state index contributed by atoms with van der Waals surface area (Å²) in [6.07, 6.45) is 4.70. The maximum atomic E-state index is 5.79. The monoisotopic (exact) mass is 220 g/mol. The summed E-state index contributed by atoms with van der Waals surface area (Å²) in [5.41, 5.74) is 13.7. The van der Waals surface area contributed by atoms with Crippen LogP contribution in [0.1, 0.15) is 38.7 Å². The van der Waals surface area contributed by atoms with Crippen LogP contribution in [0.15, 0.2) is 24.3 Å². The number of hydrogen-bond acceptors (Lipinski definition) is 2. The minimum Gasteiger partial charge on any atom is -0.399 e. The second kappa shape index (κ2) is 6.54. The van der Waals surface area contributed by atoms with Crippen molar-refractivity contribution in [1.29, 1.82) is 0 Å². The van der Waals surface area contributed by atoms with Crippen molar-refractivity contribution in [2.75, 3.05) is 5.73 Å². The zero-order valence-electron chi connectivity index (χ0n) is 10.4. The predicted molar refractivity (Wildman–Crippen MR) is 71.2 cm³/mol. The van der Waals surface area contributed by atoms with Crippen LogP contribution in [0.25, 0.3) is 0 Å². The zero-order valence-corrected chi connectivity index (χ0v) is 10.4. The van der Waals surface area contributed by atoms with Gasteiger partial charge in [-0.15, -0.1) is 0 Å². The van der Waals surface area contributed by atoms with Crippen LogP contribution >= 0.6 is 0 Å². The summed E-state index contributed by atoms with van der Waals surface area (Å²) in [7, 11) is 0. The molecule has 2 heteroatoms. The van der Waals surface area contributed by atoms with Crippen molar-refractivity contribution in [3.05, 3.63) is 29.8 Å². The molecule has 0 spiro atoms. The van der Waals surface area contributed by atoms with Crippen LogP contribution in [0.2, 0.25) is 0 Å². The van der Waals surface area contributed by atoms with E-state index >= 15 is 0 Å². The maximum absolute atomic E-state index is 5.79. The summed E-state index contributed by atoms with van der Waals surface area (Å²) in [5.74, 6) is 0.745. The Morgan fingerprint density at radius 2 is 1.75 bits per heavy atom. The molecule has 0 aliphatic carbocycles. The van der Waals surface area contributed by atoms with Crippen LogP contribution in [-0.4, -0.2) is 6.04 Å². The summed E-state index contributed by atoms with van der Waals surface area (Å²) in [6.45, 7) is 4.33. The molecule has 0 bridgehead atoms. The van der Waals surface area contributed by atoms with E-state index in [1.165, 1.54) is 18.4 Å². The van der Waals surface area contributed by atoms with Gasteiger partial charge in [0, 0.05) is 11.7 Å². The highest BCUT2D eigenvalue weighted by Crippen LogP contribution is 2.19. The van der Waals surface area contributed by atoms with Crippen LogP contribution in [0.5, 0.6) is 0 Å². The molecule has 0 saturated carbocycles. The van der Waals surface area contributed by atoms with E-state index in [4.69, 9.17) is 11.5 Å². The predicted octanol–water partition coefficient (Wildman–Crippen LogP) is 2.96. The van der Waals surface area contributed by atoms with E-state index in [1.54, 1.807) is 0 Å². The number of rotatable bonds is 6. The zero-order chi connectivity index (χ0) is 12.0. The van der Waals surface area contributed by atoms with Crippen LogP contribution in [0, 0.1) is 5.92 Å². The first-order valence-corrected chi connectivity index (χ1v) is 6.21. The molecule has 0 heterocycles. The first-order valence-electron chi connectivity index (χ1n) is 6.21. The minimum absolute atomic E-state index is 0.320. The van der Waals surface area contributed by atoms with Crippen LogP contribution in [0.3, 0.4) is 0 Å². The number of benzene rings is 1. The summed E-state index contributed by atoms with van der Waals surface area (Å²) in [5, 5.41) is 0. The normalized spacial score (nSPS) is 14.7. The van der Waals surface area contributed by atoms with Crippen molar-refractivity contribution < 1.29 is 0 Å². The van der Waals surface area contributed by atoms with Gasteiger partial charge in [0.25, 0.3) is 0 Å². The van der Waals surface area contributed by atoms with Gasteiger partial charge in [0.15, 0.2) is 0 Å². The van der Waals surface area contributed by atoms with Gasteiger partial charge in [-0.25, -0.2) is 0 Å². The fourth-order valence-electron chi connectivity index (χ4n) is 1.94. The summed E-state index contributed by atoms with van der Waals surface area (Å²) in [4.78, 5) is 0. The Bertz CT molecular complexity index is 290.